The fourth-order valence-electron chi connectivity index (χ4n) is 3.41. The molecule has 0 bridgehead atoms. The first-order valence-corrected chi connectivity index (χ1v) is 11.6. The lowest BCUT2D eigenvalue weighted by Gasteiger charge is -2.30. The number of methoxy groups -OCH3 is 1. The van der Waals surface area contributed by atoms with Gasteiger partial charge in [0, 0.05) is 32.0 Å². The molecule has 0 unspecified atom stereocenters. The standard InChI is InChI=1S/C21H32N2O5S/c1-16-8-9-19(15-17(16)2)29(26,27)23-13-10-18(11-14-23)21(25)22-12-6-4-5-7-20(24)28-3/h8-9,15,18H,4-7,10-14H2,1-3H3,(H,22,25). The Morgan fingerprint density at radius 3 is 2.41 bits per heavy atom. The number of ether oxygens (including phenoxy) is 1. The quantitative estimate of drug-likeness (QED) is 0.486. The molecule has 0 aromatic heterocycles. The maximum Gasteiger partial charge on any atom is 0.305 e. The Morgan fingerprint density at radius 2 is 1.79 bits per heavy atom. The van der Waals surface area contributed by atoms with Crippen LogP contribution in [0.15, 0.2) is 23.1 Å². The van der Waals surface area contributed by atoms with Crippen molar-refractivity contribution >= 4 is 21.9 Å². The van der Waals surface area contributed by atoms with Gasteiger partial charge in [0.25, 0.3) is 0 Å². The number of carbonyl (C=O) groups is 2. The summed E-state index contributed by atoms with van der Waals surface area (Å²) in [4.78, 5) is 23.7. The average Bonchev–Trinajstić information content (AvgIpc) is 2.72. The molecule has 1 heterocycles. The monoisotopic (exact) mass is 424 g/mol. The van der Waals surface area contributed by atoms with E-state index in [1.54, 1.807) is 12.1 Å². The van der Waals surface area contributed by atoms with Gasteiger partial charge in [0.2, 0.25) is 15.9 Å². The van der Waals surface area contributed by atoms with Gasteiger partial charge < -0.3 is 10.1 Å². The van der Waals surface area contributed by atoms with Gasteiger partial charge in [0.1, 0.15) is 0 Å². The topological polar surface area (TPSA) is 92.8 Å². The number of rotatable bonds is 9. The van der Waals surface area contributed by atoms with Gasteiger partial charge in [-0.05, 0) is 62.8 Å². The van der Waals surface area contributed by atoms with Gasteiger partial charge in [0.05, 0.1) is 12.0 Å². The molecule has 0 aliphatic carbocycles. The zero-order valence-electron chi connectivity index (χ0n) is 17.6. The summed E-state index contributed by atoms with van der Waals surface area (Å²) in [5.74, 6) is -0.381. The van der Waals surface area contributed by atoms with Crippen molar-refractivity contribution in [2.45, 2.75) is 57.3 Å². The predicted molar refractivity (Wildman–Crippen MR) is 111 cm³/mol. The fourth-order valence-corrected chi connectivity index (χ4v) is 4.97. The smallest absolute Gasteiger partial charge is 0.305 e. The maximum absolute atomic E-state index is 12.9. The highest BCUT2D eigenvalue weighted by atomic mass is 32.2. The third-order valence-electron chi connectivity index (χ3n) is 5.53. The fraction of sp³-hybridized carbons (Fsp3) is 0.619. The molecule has 2 rings (SSSR count). The van der Waals surface area contributed by atoms with Gasteiger partial charge in [-0.25, -0.2) is 8.42 Å². The third-order valence-corrected chi connectivity index (χ3v) is 7.42. The van der Waals surface area contributed by atoms with Crippen LogP contribution in [0.2, 0.25) is 0 Å². The zero-order valence-corrected chi connectivity index (χ0v) is 18.4. The molecule has 1 aromatic rings. The van der Waals surface area contributed by atoms with E-state index < -0.39 is 10.0 Å². The largest absolute Gasteiger partial charge is 0.469 e. The number of nitrogens with one attached hydrogen (secondary N) is 1. The van der Waals surface area contributed by atoms with Crippen LogP contribution in [0, 0.1) is 19.8 Å². The highest BCUT2D eigenvalue weighted by molar-refractivity contribution is 7.89. The minimum atomic E-state index is -3.52. The van der Waals surface area contributed by atoms with Crippen LogP contribution in [0.25, 0.3) is 0 Å². The van der Waals surface area contributed by atoms with Gasteiger partial charge in [-0.3, -0.25) is 9.59 Å². The van der Waals surface area contributed by atoms with E-state index in [9.17, 15) is 18.0 Å². The molecule has 0 radical (unpaired) electrons. The van der Waals surface area contributed by atoms with Gasteiger partial charge in [-0.2, -0.15) is 4.31 Å². The van der Waals surface area contributed by atoms with Crippen molar-refractivity contribution in [3.8, 4) is 0 Å². The van der Waals surface area contributed by atoms with E-state index in [0.29, 0.717) is 43.8 Å². The zero-order chi connectivity index (χ0) is 21.4. The molecule has 7 nitrogen and oxygen atoms in total. The molecule has 162 valence electrons. The molecule has 0 saturated carbocycles. The van der Waals surface area contributed by atoms with Crippen molar-refractivity contribution in [2.75, 3.05) is 26.7 Å². The van der Waals surface area contributed by atoms with Gasteiger partial charge >= 0.3 is 5.97 Å². The van der Waals surface area contributed by atoms with Crippen molar-refractivity contribution in [2.24, 2.45) is 5.92 Å². The summed E-state index contributed by atoms with van der Waals surface area (Å²) in [6, 6.07) is 5.19. The summed E-state index contributed by atoms with van der Waals surface area (Å²) < 4.78 is 31.8. The Balaban J connectivity index is 1.75. The van der Waals surface area contributed by atoms with E-state index in [2.05, 4.69) is 10.1 Å². The first kappa shape index (κ1) is 23.3. The van der Waals surface area contributed by atoms with Crippen LogP contribution in [0.5, 0.6) is 0 Å². The first-order chi connectivity index (χ1) is 13.8. The molecule has 1 saturated heterocycles. The minimum Gasteiger partial charge on any atom is -0.469 e. The van der Waals surface area contributed by atoms with E-state index in [0.717, 1.165) is 30.4 Å². The second kappa shape index (κ2) is 10.7. The van der Waals surface area contributed by atoms with Gasteiger partial charge in [-0.1, -0.05) is 12.5 Å². The average molecular weight is 425 g/mol. The molecule has 1 aromatic carbocycles. The Morgan fingerprint density at radius 1 is 1.10 bits per heavy atom. The van der Waals surface area contributed by atoms with Crippen molar-refractivity contribution in [1.29, 1.82) is 0 Å². The number of nitrogens with zero attached hydrogens (tertiary/aromatic N) is 1. The number of esters is 1. The number of hydrogen-bond donors (Lipinski definition) is 1. The molecule has 1 aliphatic rings. The first-order valence-electron chi connectivity index (χ1n) is 10.2. The van der Waals surface area contributed by atoms with Crippen LogP contribution < -0.4 is 5.32 Å². The summed E-state index contributed by atoms with van der Waals surface area (Å²) in [5, 5.41) is 2.93. The lowest BCUT2D eigenvalue weighted by atomic mass is 9.97. The lowest BCUT2D eigenvalue weighted by molar-refractivity contribution is -0.140. The van der Waals surface area contributed by atoms with Crippen LogP contribution in [0.1, 0.15) is 49.7 Å². The van der Waals surface area contributed by atoms with Crippen LogP contribution in [0.4, 0.5) is 0 Å². The Hall–Kier alpha value is -1.93. The highest BCUT2D eigenvalue weighted by Gasteiger charge is 2.32. The number of unbranched alkanes of at least 4 members (excludes halogenated alkanes) is 2. The second-order valence-corrected chi connectivity index (χ2v) is 9.54. The van der Waals surface area contributed by atoms with Gasteiger partial charge in [-0.15, -0.1) is 0 Å². The molecular weight excluding hydrogens is 392 g/mol. The third kappa shape index (κ3) is 6.54. The molecular formula is C21H32N2O5S. The minimum absolute atomic E-state index is 0.0128. The van der Waals surface area contributed by atoms with E-state index in [1.165, 1.54) is 11.4 Å². The Bertz CT molecular complexity index is 814. The Kier molecular flexibility index (Phi) is 8.64. The van der Waals surface area contributed by atoms with Crippen LogP contribution in [0.3, 0.4) is 0 Å². The van der Waals surface area contributed by atoms with Crippen molar-refractivity contribution in [1.82, 2.24) is 9.62 Å². The molecule has 0 atom stereocenters. The van der Waals surface area contributed by atoms with Crippen LogP contribution >= 0.6 is 0 Å². The Labute approximate surface area is 173 Å². The van der Waals surface area contributed by atoms with E-state index in [1.807, 2.05) is 19.9 Å². The number of carbonyl (C=O) groups excluding carboxylic acids is 2. The summed E-state index contributed by atoms with van der Waals surface area (Å²) in [6.45, 7) is 5.13. The summed E-state index contributed by atoms with van der Waals surface area (Å²) >= 11 is 0. The van der Waals surface area contributed by atoms with Crippen LogP contribution in [-0.2, 0) is 24.3 Å². The van der Waals surface area contributed by atoms with Crippen molar-refractivity contribution < 1.29 is 22.7 Å². The molecule has 29 heavy (non-hydrogen) atoms. The van der Waals surface area contributed by atoms with Crippen molar-refractivity contribution in [3.63, 3.8) is 0 Å². The second-order valence-electron chi connectivity index (χ2n) is 7.60. The normalized spacial score (nSPS) is 15.8. The maximum atomic E-state index is 12.9. The molecule has 1 aliphatic heterocycles. The molecule has 8 heteroatoms. The number of amides is 1. The number of benzene rings is 1. The summed E-state index contributed by atoms with van der Waals surface area (Å²) in [6.07, 6.45) is 3.86. The number of aryl methyl sites for hydroxylation is 2. The van der Waals surface area contributed by atoms with Crippen molar-refractivity contribution in [3.05, 3.63) is 29.3 Å². The SMILES string of the molecule is COC(=O)CCCCCNC(=O)C1CCN(S(=O)(=O)c2ccc(C)c(C)c2)CC1. The molecule has 1 fully saturated rings. The van der Waals surface area contributed by atoms with E-state index in [4.69, 9.17) is 0 Å². The highest BCUT2D eigenvalue weighted by Crippen LogP contribution is 2.25. The molecule has 1 N–H and O–H groups in total. The van der Waals surface area contributed by atoms with Gasteiger partial charge in [0.15, 0.2) is 0 Å². The lowest BCUT2D eigenvalue weighted by Crippen LogP contribution is -2.43. The van der Waals surface area contributed by atoms with E-state index >= 15 is 0 Å². The molecule has 0 spiro atoms. The summed E-state index contributed by atoms with van der Waals surface area (Å²) in [7, 11) is -2.15. The number of sulfonamides is 1. The van der Waals surface area contributed by atoms with E-state index in [-0.39, 0.29) is 17.8 Å². The number of hydrogen-bond acceptors (Lipinski definition) is 5. The molecule has 1 amide bonds. The summed E-state index contributed by atoms with van der Waals surface area (Å²) in [5.41, 5.74) is 2.01. The van der Waals surface area contributed by atoms with Crippen LogP contribution in [-0.4, -0.2) is 51.3 Å². The predicted octanol–water partition coefficient (Wildman–Crippen LogP) is 2.55. The number of piperidine rings is 1.